The summed E-state index contributed by atoms with van der Waals surface area (Å²) in [5, 5.41) is 0.765. The second-order valence-electron chi connectivity index (χ2n) is 5.69. The molecule has 0 bridgehead atoms. The van der Waals surface area contributed by atoms with E-state index < -0.39 is 0 Å². The van der Waals surface area contributed by atoms with Gasteiger partial charge in [-0.2, -0.15) is 0 Å². The molecule has 4 nitrogen and oxygen atoms in total. The maximum absolute atomic E-state index is 6.20. The van der Waals surface area contributed by atoms with Crippen molar-refractivity contribution in [1.29, 1.82) is 0 Å². The Morgan fingerprint density at radius 2 is 2.30 bits per heavy atom. The monoisotopic (exact) mass is 296 g/mol. The zero-order chi connectivity index (χ0) is 14.1. The highest BCUT2D eigenvalue weighted by Crippen LogP contribution is 2.34. The van der Waals surface area contributed by atoms with Crippen LogP contribution in [0.15, 0.2) is 12.1 Å². The molecule has 0 aromatic heterocycles. The van der Waals surface area contributed by atoms with Crippen LogP contribution in [-0.2, 0) is 17.6 Å². The van der Waals surface area contributed by atoms with Crippen LogP contribution in [0.1, 0.15) is 30.9 Å². The Morgan fingerprint density at radius 3 is 3.00 bits per heavy atom. The van der Waals surface area contributed by atoms with Gasteiger partial charge in [0.1, 0.15) is 5.75 Å². The number of nitrogens with one attached hydrogen (secondary N) is 1. The van der Waals surface area contributed by atoms with Crippen molar-refractivity contribution in [2.24, 2.45) is 5.84 Å². The fraction of sp³-hybridized carbons (Fsp3) is 0.600. The normalized spacial score (nSPS) is 26.4. The molecule has 3 atom stereocenters. The lowest BCUT2D eigenvalue weighted by Gasteiger charge is -2.23. The lowest BCUT2D eigenvalue weighted by molar-refractivity contribution is 0.0319. The summed E-state index contributed by atoms with van der Waals surface area (Å²) in [7, 11) is 0. The van der Waals surface area contributed by atoms with Crippen molar-refractivity contribution >= 4 is 11.6 Å². The molecule has 2 aliphatic rings. The van der Waals surface area contributed by atoms with Gasteiger partial charge in [-0.3, -0.25) is 11.3 Å². The lowest BCUT2D eigenvalue weighted by atomic mass is 9.97. The minimum atomic E-state index is 0.0896. The second-order valence-corrected chi connectivity index (χ2v) is 6.13. The van der Waals surface area contributed by atoms with Crippen molar-refractivity contribution in [2.45, 2.75) is 50.9 Å². The topological polar surface area (TPSA) is 56.5 Å². The summed E-state index contributed by atoms with van der Waals surface area (Å²) in [6.07, 6.45) is 4.31. The molecule has 1 saturated heterocycles. The maximum atomic E-state index is 6.20. The van der Waals surface area contributed by atoms with Crippen molar-refractivity contribution in [1.82, 2.24) is 5.43 Å². The molecule has 0 saturated carbocycles. The molecule has 20 heavy (non-hydrogen) atoms. The highest BCUT2D eigenvalue weighted by atomic mass is 35.5. The Hall–Kier alpha value is -0.810. The molecule has 3 rings (SSSR count). The van der Waals surface area contributed by atoms with Gasteiger partial charge in [0.05, 0.1) is 24.9 Å². The van der Waals surface area contributed by atoms with Gasteiger partial charge in [-0.05, 0) is 49.4 Å². The minimum Gasteiger partial charge on any atom is -0.493 e. The second kappa shape index (κ2) is 5.90. The Kier molecular flexibility index (Phi) is 4.17. The van der Waals surface area contributed by atoms with Gasteiger partial charge < -0.3 is 9.47 Å². The van der Waals surface area contributed by atoms with Crippen LogP contribution < -0.4 is 16.0 Å². The van der Waals surface area contributed by atoms with E-state index >= 15 is 0 Å². The number of halogens is 1. The molecule has 0 radical (unpaired) electrons. The van der Waals surface area contributed by atoms with E-state index in [1.807, 2.05) is 12.1 Å². The number of hydrazine groups is 1. The predicted octanol–water partition coefficient (Wildman–Crippen LogP) is 2.22. The molecule has 0 spiro atoms. The number of fused-ring (bicyclic) bond motifs is 1. The van der Waals surface area contributed by atoms with Gasteiger partial charge in [-0.1, -0.05) is 11.6 Å². The molecular formula is C15H21ClN2O2. The van der Waals surface area contributed by atoms with Gasteiger partial charge in [-0.25, -0.2) is 0 Å². The highest BCUT2D eigenvalue weighted by Gasteiger charge is 2.30. The zero-order valence-electron chi connectivity index (χ0n) is 11.7. The molecule has 0 aliphatic carbocycles. The number of ether oxygens (including phenoxy) is 2. The first-order valence-electron chi connectivity index (χ1n) is 7.23. The molecule has 1 aromatic rings. The third kappa shape index (κ3) is 2.79. The lowest BCUT2D eigenvalue weighted by Crippen LogP contribution is -2.45. The van der Waals surface area contributed by atoms with Crippen LogP contribution in [-0.4, -0.2) is 24.9 Å². The van der Waals surface area contributed by atoms with Crippen LogP contribution in [0.2, 0.25) is 5.02 Å². The van der Waals surface area contributed by atoms with Gasteiger partial charge >= 0.3 is 0 Å². The zero-order valence-corrected chi connectivity index (χ0v) is 12.5. The summed E-state index contributed by atoms with van der Waals surface area (Å²) in [5.74, 6) is 6.71. The van der Waals surface area contributed by atoms with E-state index in [4.69, 9.17) is 26.9 Å². The summed E-state index contributed by atoms with van der Waals surface area (Å²) >= 11 is 6.20. The number of hydrogen-bond donors (Lipinski definition) is 2. The van der Waals surface area contributed by atoms with Gasteiger partial charge in [0.25, 0.3) is 0 Å². The number of rotatable bonds is 4. The molecule has 110 valence electrons. The van der Waals surface area contributed by atoms with Gasteiger partial charge in [0.2, 0.25) is 0 Å². The van der Waals surface area contributed by atoms with Crippen LogP contribution in [0.3, 0.4) is 0 Å². The third-order valence-corrected chi connectivity index (χ3v) is 4.41. The third-order valence-electron chi connectivity index (χ3n) is 4.19. The molecule has 2 heterocycles. The minimum absolute atomic E-state index is 0.0896. The van der Waals surface area contributed by atoms with Crippen LogP contribution in [0.5, 0.6) is 5.75 Å². The Labute approximate surface area is 124 Å². The Balaban J connectivity index is 1.79. The molecule has 5 heteroatoms. The summed E-state index contributed by atoms with van der Waals surface area (Å²) in [5.41, 5.74) is 5.22. The fourth-order valence-electron chi connectivity index (χ4n) is 3.16. The number of nitrogens with two attached hydrogens (primary N) is 1. The first-order chi connectivity index (χ1) is 9.67. The molecular weight excluding hydrogens is 276 g/mol. The molecule has 0 amide bonds. The molecule has 1 fully saturated rings. The van der Waals surface area contributed by atoms with Gasteiger partial charge in [0, 0.05) is 11.4 Å². The van der Waals surface area contributed by atoms with E-state index in [0.717, 1.165) is 48.6 Å². The SMILES string of the molecule is CC1CCC(C(Cc2cc(Cl)cc3c2OCC3)NN)O1. The van der Waals surface area contributed by atoms with Crippen molar-refractivity contribution in [3.63, 3.8) is 0 Å². The smallest absolute Gasteiger partial charge is 0.125 e. The van der Waals surface area contributed by atoms with Gasteiger partial charge in [-0.15, -0.1) is 0 Å². The van der Waals surface area contributed by atoms with E-state index in [9.17, 15) is 0 Å². The predicted molar refractivity (Wildman–Crippen MR) is 79.0 cm³/mol. The fourth-order valence-corrected chi connectivity index (χ4v) is 3.43. The summed E-state index contributed by atoms with van der Waals surface area (Å²) in [6.45, 7) is 2.84. The van der Waals surface area contributed by atoms with E-state index in [1.54, 1.807) is 0 Å². The van der Waals surface area contributed by atoms with E-state index in [2.05, 4.69) is 12.3 Å². The number of benzene rings is 1. The standard InChI is InChI=1S/C15H21ClN2O2/c1-9-2-3-14(20-9)13(18-17)8-11-7-12(16)6-10-4-5-19-15(10)11/h6-7,9,13-14,18H,2-5,8,17H2,1H3. The average Bonchev–Trinajstić information content (AvgIpc) is 3.04. The van der Waals surface area contributed by atoms with Crippen LogP contribution >= 0.6 is 11.6 Å². The first-order valence-corrected chi connectivity index (χ1v) is 7.61. The summed E-state index contributed by atoms with van der Waals surface area (Å²) < 4.78 is 11.7. The quantitative estimate of drug-likeness (QED) is 0.661. The van der Waals surface area contributed by atoms with Crippen LogP contribution in [0.25, 0.3) is 0 Å². The summed E-state index contributed by atoms with van der Waals surface area (Å²) in [6, 6.07) is 4.06. The van der Waals surface area contributed by atoms with Gasteiger partial charge in [0.15, 0.2) is 0 Å². The molecule has 3 unspecified atom stereocenters. The van der Waals surface area contributed by atoms with Crippen LogP contribution in [0, 0.1) is 0 Å². The van der Waals surface area contributed by atoms with E-state index in [-0.39, 0.29) is 12.1 Å². The average molecular weight is 297 g/mol. The first kappa shape index (κ1) is 14.1. The van der Waals surface area contributed by atoms with Crippen molar-refractivity contribution in [3.8, 4) is 5.75 Å². The number of hydrogen-bond acceptors (Lipinski definition) is 4. The Bertz CT molecular complexity index is 495. The van der Waals surface area contributed by atoms with Crippen molar-refractivity contribution in [3.05, 3.63) is 28.3 Å². The highest BCUT2D eigenvalue weighted by molar-refractivity contribution is 6.30. The Morgan fingerprint density at radius 1 is 1.45 bits per heavy atom. The molecule has 2 aliphatic heterocycles. The largest absolute Gasteiger partial charge is 0.493 e. The maximum Gasteiger partial charge on any atom is 0.125 e. The van der Waals surface area contributed by atoms with Crippen LogP contribution in [0.4, 0.5) is 0 Å². The molecule has 1 aromatic carbocycles. The summed E-state index contributed by atoms with van der Waals surface area (Å²) in [4.78, 5) is 0. The van der Waals surface area contributed by atoms with E-state index in [0.29, 0.717) is 6.10 Å². The molecule has 3 N–H and O–H groups in total. The van der Waals surface area contributed by atoms with Crippen molar-refractivity contribution in [2.75, 3.05) is 6.61 Å². The van der Waals surface area contributed by atoms with E-state index in [1.165, 1.54) is 5.56 Å². The van der Waals surface area contributed by atoms with Crippen molar-refractivity contribution < 1.29 is 9.47 Å².